The first kappa shape index (κ1) is 18.5. The second-order valence-electron chi connectivity index (χ2n) is 6.88. The smallest absolute Gasteiger partial charge is 0.343 e. The van der Waals surface area contributed by atoms with E-state index in [-0.39, 0.29) is 5.97 Å². The van der Waals surface area contributed by atoms with Crippen LogP contribution in [0.3, 0.4) is 0 Å². The predicted octanol–water partition coefficient (Wildman–Crippen LogP) is 4.74. The van der Waals surface area contributed by atoms with Crippen LogP contribution in [0.1, 0.15) is 36.0 Å². The highest BCUT2D eigenvalue weighted by atomic mass is 16.5. The molecule has 1 aliphatic carbocycles. The summed E-state index contributed by atoms with van der Waals surface area (Å²) in [6, 6.07) is 16.2. The Hall–Kier alpha value is -2.33. The molecule has 0 unspecified atom stereocenters. The molecule has 1 fully saturated rings. The van der Waals surface area contributed by atoms with Crippen molar-refractivity contribution < 1.29 is 19.0 Å². The minimum Gasteiger partial charge on any atom is -0.493 e. The van der Waals surface area contributed by atoms with E-state index in [2.05, 4.69) is 0 Å². The molecule has 2 aromatic rings. The van der Waals surface area contributed by atoms with Gasteiger partial charge in [0.05, 0.1) is 12.2 Å². The molecule has 0 N–H and O–H groups in total. The van der Waals surface area contributed by atoms with Crippen LogP contribution in [0.2, 0.25) is 0 Å². The molecule has 0 amide bonds. The van der Waals surface area contributed by atoms with Crippen LogP contribution in [-0.4, -0.2) is 26.3 Å². The molecule has 0 radical (unpaired) electrons. The first-order valence-electron chi connectivity index (χ1n) is 9.23. The Morgan fingerprint density at radius 3 is 2.04 bits per heavy atom. The molecule has 4 heteroatoms. The highest BCUT2D eigenvalue weighted by Crippen LogP contribution is 2.29. The molecule has 0 aromatic heterocycles. The Kier molecular flexibility index (Phi) is 6.67. The van der Waals surface area contributed by atoms with Crippen molar-refractivity contribution in [1.82, 2.24) is 0 Å². The first-order valence-corrected chi connectivity index (χ1v) is 9.23. The molecule has 3 rings (SSSR count). The summed E-state index contributed by atoms with van der Waals surface area (Å²) in [4.78, 5) is 12.0. The van der Waals surface area contributed by atoms with E-state index in [0.29, 0.717) is 23.1 Å². The molecule has 0 heterocycles. The maximum Gasteiger partial charge on any atom is 0.343 e. The van der Waals surface area contributed by atoms with E-state index in [1.165, 1.54) is 25.7 Å². The number of hydrogen-bond donors (Lipinski definition) is 0. The van der Waals surface area contributed by atoms with E-state index < -0.39 is 0 Å². The predicted molar refractivity (Wildman–Crippen MR) is 101 cm³/mol. The number of esters is 1. The molecular weight excluding hydrogens is 328 g/mol. The number of hydrogen-bond acceptors (Lipinski definition) is 4. The summed E-state index contributed by atoms with van der Waals surface area (Å²) >= 11 is 0. The number of benzene rings is 2. The number of carbonyl (C=O) groups excluding carboxylic acids is 1. The second-order valence-corrected chi connectivity index (χ2v) is 6.88. The molecule has 0 bridgehead atoms. The molecule has 1 saturated carbocycles. The van der Waals surface area contributed by atoms with Gasteiger partial charge in [-0.3, -0.25) is 0 Å². The highest BCUT2D eigenvalue weighted by molar-refractivity contribution is 5.90. The average molecular weight is 354 g/mol. The number of methoxy groups -OCH3 is 1. The van der Waals surface area contributed by atoms with Gasteiger partial charge in [0.1, 0.15) is 11.5 Å². The molecular formula is C22H26O4. The maximum atomic E-state index is 12.0. The van der Waals surface area contributed by atoms with Crippen molar-refractivity contribution in [1.29, 1.82) is 0 Å². The lowest BCUT2D eigenvalue weighted by Gasteiger charge is -2.27. The highest BCUT2D eigenvalue weighted by Gasteiger charge is 2.21. The summed E-state index contributed by atoms with van der Waals surface area (Å²) in [6.07, 6.45) is 4.83. The summed E-state index contributed by atoms with van der Waals surface area (Å²) in [5.74, 6) is 2.29. The zero-order chi connectivity index (χ0) is 18.2. The second kappa shape index (κ2) is 9.39. The zero-order valence-electron chi connectivity index (χ0n) is 15.2. The third-order valence-electron chi connectivity index (χ3n) is 4.90. The van der Waals surface area contributed by atoms with Gasteiger partial charge in [0, 0.05) is 13.7 Å². The molecule has 26 heavy (non-hydrogen) atoms. The van der Waals surface area contributed by atoms with Gasteiger partial charge in [-0.25, -0.2) is 4.79 Å². The molecule has 1 aliphatic rings. The lowest BCUT2D eigenvalue weighted by Crippen LogP contribution is -2.22. The van der Waals surface area contributed by atoms with Crippen molar-refractivity contribution in [3.63, 3.8) is 0 Å². The van der Waals surface area contributed by atoms with Gasteiger partial charge >= 0.3 is 5.97 Å². The van der Waals surface area contributed by atoms with Crippen LogP contribution in [0, 0.1) is 11.8 Å². The standard InChI is InChI=1S/C22H26O4/c1-24-15-17-7-9-18(10-8-17)16-25-20-11-13-21(14-12-20)26-22(23)19-5-3-2-4-6-19/h2-6,11-14,17-18H,7-10,15-16H2,1H3. The fourth-order valence-electron chi connectivity index (χ4n) is 3.36. The monoisotopic (exact) mass is 354 g/mol. The van der Waals surface area contributed by atoms with Gasteiger partial charge in [0.25, 0.3) is 0 Å². The van der Waals surface area contributed by atoms with Crippen molar-refractivity contribution in [3.8, 4) is 11.5 Å². The average Bonchev–Trinajstić information content (AvgIpc) is 2.69. The molecule has 138 valence electrons. The topological polar surface area (TPSA) is 44.8 Å². The summed E-state index contributed by atoms with van der Waals surface area (Å²) < 4.78 is 16.5. The minimum atomic E-state index is -0.355. The van der Waals surface area contributed by atoms with Crippen molar-refractivity contribution >= 4 is 5.97 Å². The van der Waals surface area contributed by atoms with Gasteiger partial charge in [0.15, 0.2) is 0 Å². The van der Waals surface area contributed by atoms with E-state index in [1.807, 2.05) is 30.3 Å². The first-order chi connectivity index (χ1) is 12.7. The largest absolute Gasteiger partial charge is 0.493 e. The van der Waals surface area contributed by atoms with E-state index in [4.69, 9.17) is 14.2 Å². The third kappa shape index (κ3) is 5.33. The summed E-state index contributed by atoms with van der Waals surface area (Å²) in [7, 11) is 1.77. The summed E-state index contributed by atoms with van der Waals surface area (Å²) in [5, 5.41) is 0. The van der Waals surface area contributed by atoms with Crippen LogP contribution >= 0.6 is 0 Å². The van der Waals surface area contributed by atoms with E-state index in [0.717, 1.165) is 19.0 Å². The van der Waals surface area contributed by atoms with Gasteiger partial charge in [-0.2, -0.15) is 0 Å². The quantitative estimate of drug-likeness (QED) is 0.532. The normalized spacial score (nSPS) is 19.7. The third-order valence-corrected chi connectivity index (χ3v) is 4.90. The molecule has 0 aliphatic heterocycles. The van der Waals surface area contributed by atoms with Crippen molar-refractivity contribution in [2.24, 2.45) is 11.8 Å². The van der Waals surface area contributed by atoms with E-state index >= 15 is 0 Å². The van der Waals surface area contributed by atoms with E-state index in [1.54, 1.807) is 31.4 Å². The fourth-order valence-corrected chi connectivity index (χ4v) is 3.36. The number of ether oxygens (including phenoxy) is 3. The van der Waals surface area contributed by atoms with Gasteiger partial charge < -0.3 is 14.2 Å². The maximum absolute atomic E-state index is 12.0. The Labute approximate surface area is 155 Å². The van der Waals surface area contributed by atoms with Crippen LogP contribution in [0.5, 0.6) is 11.5 Å². The van der Waals surface area contributed by atoms with Crippen LogP contribution in [-0.2, 0) is 4.74 Å². The molecule has 2 aromatic carbocycles. The SMILES string of the molecule is COCC1CCC(COc2ccc(OC(=O)c3ccccc3)cc2)CC1. The van der Waals surface area contributed by atoms with Gasteiger partial charge in [-0.05, 0) is 73.9 Å². The van der Waals surface area contributed by atoms with Crippen LogP contribution in [0.4, 0.5) is 0 Å². The van der Waals surface area contributed by atoms with Crippen molar-refractivity contribution in [3.05, 3.63) is 60.2 Å². The van der Waals surface area contributed by atoms with Gasteiger partial charge in [0.2, 0.25) is 0 Å². The minimum absolute atomic E-state index is 0.355. The molecule has 0 saturated heterocycles. The van der Waals surface area contributed by atoms with Crippen LogP contribution in [0.25, 0.3) is 0 Å². The van der Waals surface area contributed by atoms with E-state index in [9.17, 15) is 4.79 Å². The summed E-state index contributed by atoms with van der Waals surface area (Å²) in [5.41, 5.74) is 0.539. The fraction of sp³-hybridized carbons (Fsp3) is 0.409. The van der Waals surface area contributed by atoms with Crippen molar-refractivity contribution in [2.45, 2.75) is 25.7 Å². The Morgan fingerprint density at radius 2 is 1.42 bits per heavy atom. The number of rotatable bonds is 7. The molecule has 0 spiro atoms. The Bertz CT molecular complexity index is 673. The van der Waals surface area contributed by atoms with Gasteiger partial charge in [-0.15, -0.1) is 0 Å². The van der Waals surface area contributed by atoms with Crippen molar-refractivity contribution in [2.75, 3.05) is 20.3 Å². The molecule has 4 nitrogen and oxygen atoms in total. The zero-order valence-corrected chi connectivity index (χ0v) is 15.2. The molecule has 0 atom stereocenters. The van der Waals surface area contributed by atoms with Gasteiger partial charge in [-0.1, -0.05) is 18.2 Å². The number of carbonyl (C=O) groups is 1. The Morgan fingerprint density at radius 1 is 0.846 bits per heavy atom. The lowest BCUT2D eigenvalue weighted by atomic mass is 9.83. The van der Waals surface area contributed by atoms with Crippen LogP contribution in [0.15, 0.2) is 54.6 Å². The van der Waals surface area contributed by atoms with Crippen LogP contribution < -0.4 is 9.47 Å². The summed E-state index contributed by atoms with van der Waals surface area (Å²) in [6.45, 7) is 1.61. The lowest BCUT2D eigenvalue weighted by molar-refractivity contribution is 0.0734. The Balaban J connectivity index is 1.44.